The van der Waals surface area contributed by atoms with Gasteiger partial charge < -0.3 is 10.1 Å². The van der Waals surface area contributed by atoms with E-state index in [0.717, 1.165) is 36.3 Å². The normalized spacial score (nSPS) is 19.4. The molecule has 16 heavy (non-hydrogen) atoms. The summed E-state index contributed by atoms with van der Waals surface area (Å²) in [5.74, 6) is 1.04. The Balaban J connectivity index is 2.28. The van der Waals surface area contributed by atoms with Crippen molar-refractivity contribution >= 4 is 5.78 Å². The molecule has 0 saturated carbocycles. The minimum Gasteiger partial charge on any atom is -0.497 e. The van der Waals surface area contributed by atoms with Crippen LogP contribution in [-0.2, 0) is 6.42 Å². The standard InChI is InChI=1S/C13H17NO2/c1-3-14-12-7-4-9-8-10(16-2)5-6-11(9)13(12)15/h5-6,8,12,14H,3-4,7H2,1-2H3. The lowest BCUT2D eigenvalue weighted by atomic mass is 9.87. The number of carbonyl (C=O) groups is 1. The summed E-state index contributed by atoms with van der Waals surface area (Å²) in [6.45, 7) is 2.86. The highest BCUT2D eigenvalue weighted by Gasteiger charge is 2.26. The van der Waals surface area contributed by atoms with Crippen molar-refractivity contribution < 1.29 is 9.53 Å². The number of carbonyl (C=O) groups excluding carboxylic acids is 1. The first kappa shape index (κ1) is 11.1. The van der Waals surface area contributed by atoms with Crippen molar-refractivity contribution in [2.24, 2.45) is 0 Å². The van der Waals surface area contributed by atoms with Gasteiger partial charge in [0.2, 0.25) is 0 Å². The summed E-state index contributed by atoms with van der Waals surface area (Å²) >= 11 is 0. The van der Waals surface area contributed by atoms with Gasteiger partial charge in [0.15, 0.2) is 5.78 Å². The molecule has 0 aromatic heterocycles. The number of fused-ring (bicyclic) bond motifs is 1. The molecule has 0 saturated heterocycles. The molecule has 3 heteroatoms. The number of hydrogen-bond acceptors (Lipinski definition) is 3. The molecule has 86 valence electrons. The van der Waals surface area contributed by atoms with Crippen molar-refractivity contribution in [3.8, 4) is 5.75 Å². The van der Waals surface area contributed by atoms with Crippen LogP contribution >= 0.6 is 0 Å². The van der Waals surface area contributed by atoms with Crippen LogP contribution < -0.4 is 10.1 Å². The number of rotatable bonds is 3. The molecule has 0 spiro atoms. The number of aryl methyl sites for hydroxylation is 1. The summed E-state index contributed by atoms with van der Waals surface area (Å²) in [5.41, 5.74) is 1.96. The Labute approximate surface area is 95.8 Å². The monoisotopic (exact) mass is 219 g/mol. The fourth-order valence-electron chi connectivity index (χ4n) is 2.20. The first-order valence-electron chi connectivity index (χ1n) is 5.70. The number of ketones is 1. The van der Waals surface area contributed by atoms with Crippen molar-refractivity contribution in [2.45, 2.75) is 25.8 Å². The number of methoxy groups -OCH3 is 1. The van der Waals surface area contributed by atoms with Crippen LogP contribution in [0, 0.1) is 0 Å². The molecule has 0 radical (unpaired) electrons. The van der Waals surface area contributed by atoms with Gasteiger partial charge in [-0.2, -0.15) is 0 Å². The van der Waals surface area contributed by atoms with Crippen molar-refractivity contribution in [3.05, 3.63) is 29.3 Å². The summed E-state index contributed by atoms with van der Waals surface area (Å²) in [6, 6.07) is 5.69. The molecule has 1 atom stereocenters. The number of Topliss-reactive ketones (excluding diaryl/α,β-unsaturated/α-hetero) is 1. The van der Waals surface area contributed by atoms with Crippen molar-refractivity contribution in [1.82, 2.24) is 5.32 Å². The number of likely N-dealkylation sites (N-methyl/N-ethyl adjacent to an activating group) is 1. The molecule has 1 N–H and O–H groups in total. The molecule has 0 heterocycles. The smallest absolute Gasteiger partial charge is 0.180 e. The minimum absolute atomic E-state index is 0.00843. The van der Waals surface area contributed by atoms with E-state index in [1.165, 1.54) is 0 Å². The highest BCUT2D eigenvalue weighted by molar-refractivity contribution is 6.02. The van der Waals surface area contributed by atoms with Crippen LogP contribution in [0.15, 0.2) is 18.2 Å². The Hall–Kier alpha value is -1.35. The molecule has 1 aliphatic carbocycles. The van der Waals surface area contributed by atoms with Gasteiger partial charge in [0.25, 0.3) is 0 Å². The van der Waals surface area contributed by atoms with Gasteiger partial charge in [0, 0.05) is 5.56 Å². The first-order chi connectivity index (χ1) is 7.76. The fraction of sp³-hybridized carbons (Fsp3) is 0.462. The summed E-state index contributed by atoms with van der Waals surface area (Å²) < 4.78 is 5.16. The lowest BCUT2D eigenvalue weighted by Gasteiger charge is -2.24. The summed E-state index contributed by atoms with van der Waals surface area (Å²) in [5, 5.41) is 3.22. The Bertz CT molecular complexity index is 401. The third kappa shape index (κ3) is 1.95. The topological polar surface area (TPSA) is 38.3 Å². The maximum absolute atomic E-state index is 12.1. The highest BCUT2D eigenvalue weighted by atomic mass is 16.5. The third-order valence-electron chi connectivity index (χ3n) is 3.05. The molecular weight excluding hydrogens is 202 g/mol. The average Bonchev–Trinajstić information content (AvgIpc) is 2.32. The first-order valence-corrected chi connectivity index (χ1v) is 5.70. The van der Waals surface area contributed by atoms with Crippen LogP contribution in [0.2, 0.25) is 0 Å². The van der Waals surface area contributed by atoms with E-state index in [2.05, 4.69) is 5.32 Å². The van der Waals surface area contributed by atoms with Crippen LogP contribution in [-0.4, -0.2) is 25.5 Å². The zero-order valence-corrected chi connectivity index (χ0v) is 9.75. The molecule has 2 rings (SSSR count). The summed E-state index contributed by atoms with van der Waals surface area (Å²) in [6.07, 6.45) is 1.82. The zero-order valence-electron chi connectivity index (χ0n) is 9.75. The second-order valence-corrected chi connectivity index (χ2v) is 4.04. The van der Waals surface area contributed by atoms with Gasteiger partial charge in [-0.1, -0.05) is 6.92 Å². The molecule has 1 aliphatic rings. The van der Waals surface area contributed by atoms with Gasteiger partial charge in [0.05, 0.1) is 13.2 Å². The van der Waals surface area contributed by atoms with E-state index in [9.17, 15) is 4.79 Å². The van der Waals surface area contributed by atoms with E-state index >= 15 is 0 Å². The van der Waals surface area contributed by atoms with Crippen LogP contribution in [0.3, 0.4) is 0 Å². The van der Waals surface area contributed by atoms with Gasteiger partial charge in [-0.05, 0) is 43.1 Å². The number of benzene rings is 1. The van der Waals surface area contributed by atoms with E-state index in [4.69, 9.17) is 4.74 Å². The molecule has 1 aromatic rings. The van der Waals surface area contributed by atoms with Crippen LogP contribution in [0.25, 0.3) is 0 Å². The molecule has 0 amide bonds. The van der Waals surface area contributed by atoms with Gasteiger partial charge in [-0.15, -0.1) is 0 Å². The Kier molecular flexibility index (Phi) is 3.25. The van der Waals surface area contributed by atoms with Crippen LogP contribution in [0.1, 0.15) is 29.3 Å². The second kappa shape index (κ2) is 4.66. The van der Waals surface area contributed by atoms with Gasteiger partial charge >= 0.3 is 0 Å². The fourth-order valence-corrected chi connectivity index (χ4v) is 2.20. The zero-order chi connectivity index (χ0) is 11.5. The van der Waals surface area contributed by atoms with E-state index in [1.54, 1.807) is 7.11 Å². The molecule has 1 unspecified atom stereocenters. The molecule has 0 aliphatic heterocycles. The van der Waals surface area contributed by atoms with Crippen molar-refractivity contribution in [3.63, 3.8) is 0 Å². The minimum atomic E-state index is -0.00843. The predicted molar refractivity (Wildman–Crippen MR) is 63.1 cm³/mol. The van der Waals surface area contributed by atoms with Crippen LogP contribution in [0.5, 0.6) is 5.75 Å². The molecule has 0 fully saturated rings. The maximum atomic E-state index is 12.1. The van der Waals surface area contributed by atoms with Crippen molar-refractivity contribution in [2.75, 3.05) is 13.7 Å². The largest absolute Gasteiger partial charge is 0.497 e. The van der Waals surface area contributed by atoms with Gasteiger partial charge in [0.1, 0.15) is 5.75 Å². The SMILES string of the molecule is CCNC1CCc2cc(OC)ccc2C1=O. The number of hydrogen-bond donors (Lipinski definition) is 1. The molecule has 3 nitrogen and oxygen atoms in total. The lowest BCUT2D eigenvalue weighted by molar-refractivity contribution is 0.0929. The predicted octanol–water partition coefficient (Wildman–Crippen LogP) is 1.80. The van der Waals surface area contributed by atoms with E-state index < -0.39 is 0 Å². The van der Waals surface area contributed by atoms with Gasteiger partial charge in [-0.3, -0.25) is 4.79 Å². The number of ether oxygens (including phenoxy) is 1. The third-order valence-corrected chi connectivity index (χ3v) is 3.05. The van der Waals surface area contributed by atoms with Crippen molar-refractivity contribution in [1.29, 1.82) is 0 Å². The second-order valence-electron chi connectivity index (χ2n) is 4.04. The summed E-state index contributed by atoms with van der Waals surface area (Å²) in [4.78, 5) is 12.1. The molecule has 0 bridgehead atoms. The number of nitrogens with one attached hydrogen (secondary N) is 1. The Morgan fingerprint density at radius 1 is 1.50 bits per heavy atom. The van der Waals surface area contributed by atoms with E-state index in [-0.39, 0.29) is 11.8 Å². The maximum Gasteiger partial charge on any atom is 0.180 e. The Morgan fingerprint density at radius 2 is 2.31 bits per heavy atom. The molecule has 1 aromatic carbocycles. The quantitative estimate of drug-likeness (QED) is 0.842. The van der Waals surface area contributed by atoms with E-state index in [1.807, 2.05) is 25.1 Å². The molecular formula is C13H17NO2. The Morgan fingerprint density at radius 3 is 3.00 bits per heavy atom. The van der Waals surface area contributed by atoms with Crippen LogP contribution in [0.4, 0.5) is 0 Å². The van der Waals surface area contributed by atoms with Gasteiger partial charge in [-0.25, -0.2) is 0 Å². The lowest BCUT2D eigenvalue weighted by Crippen LogP contribution is -2.40. The average molecular weight is 219 g/mol. The van der Waals surface area contributed by atoms with E-state index in [0.29, 0.717) is 0 Å². The highest BCUT2D eigenvalue weighted by Crippen LogP contribution is 2.25. The summed E-state index contributed by atoms with van der Waals surface area (Å²) in [7, 11) is 1.65.